The van der Waals surface area contributed by atoms with Crippen LogP contribution < -0.4 is 10.3 Å². The number of hydrogen-bond acceptors (Lipinski definition) is 5. The molecule has 0 atom stereocenters. The largest absolute Gasteiger partial charge is 0.455 e. The van der Waals surface area contributed by atoms with Crippen molar-refractivity contribution in [2.75, 3.05) is 31.1 Å². The van der Waals surface area contributed by atoms with Crippen molar-refractivity contribution >= 4 is 22.6 Å². The number of para-hydroxylation sites is 1. The van der Waals surface area contributed by atoms with E-state index in [1.54, 1.807) is 37.5 Å². The van der Waals surface area contributed by atoms with Gasteiger partial charge in [0.15, 0.2) is 11.0 Å². The van der Waals surface area contributed by atoms with Gasteiger partial charge in [0.05, 0.1) is 10.9 Å². The van der Waals surface area contributed by atoms with Gasteiger partial charge >= 0.3 is 0 Å². The van der Waals surface area contributed by atoms with Crippen molar-refractivity contribution in [1.82, 2.24) is 9.88 Å². The molecule has 0 radical (unpaired) electrons. The summed E-state index contributed by atoms with van der Waals surface area (Å²) in [6.45, 7) is 4.43. The van der Waals surface area contributed by atoms with Gasteiger partial charge in [-0.15, -0.1) is 0 Å². The lowest BCUT2D eigenvalue weighted by Crippen LogP contribution is -2.48. The van der Waals surface area contributed by atoms with Crippen LogP contribution in [0.25, 0.3) is 22.3 Å². The summed E-state index contributed by atoms with van der Waals surface area (Å²) in [6, 6.07) is 18.7. The van der Waals surface area contributed by atoms with Gasteiger partial charge in [0, 0.05) is 55.4 Å². The van der Waals surface area contributed by atoms with E-state index < -0.39 is 0 Å². The number of piperazine rings is 1. The molecule has 0 N–H and O–H groups in total. The Morgan fingerprint density at radius 1 is 0.906 bits per heavy atom. The van der Waals surface area contributed by atoms with Gasteiger partial charge in [0.1, 0.15) is 5.76 Å². The Kier molecular flexibility index (Phi) is 5.19. The summed E-state index contributed by atoms with van der Waals surface area (Å²) in [4.78, 5) is 34.6. The number of rotatable bonds is 3. The fraction of sp³-hybridized carbons (Fsp3) is 0.192. The van der Waals surface area contributed by atoms with Crippen molar-refractivity contribution in [2.45, 2.75) is 6.92 Å². The van der Waals surface area contributed by atoms with Crippen molar-refractivity contribution in [3.63, 3.8) is 0 Å². The first-order valence-corrected chi connectivity index (χ1v) is 10.7. The molecule has 160 valence electrons. The number of anilines is 1. The summed E-state index contributed by atoms with van der Waals surface area (Å²) in [5.41, 5.74) is 3.13. The third kappa shape index (κ3) is 3.54. The first kappa shape index (κ1) is 20.0. The van der Waals surface area contributed by atoms with Gasteiger partial charge in [-0.2, -0.15) is 0 Å². The Bertz CT molecular complexity index is 1330. The maximum Gasteiger partial charge on any atom is 0.257 e. The smallest absolute Gasteiger partial charge is 0.257 e. The number of amides is 1. The number of carbonyl (C=O) groups excluding carboxylic acids is 1. The Hall–Kier alpha value is -3.93. The zero-order valence-electron chi connectivity index (χ0n) is 17.8. The standard InChI is InChI=1S/C26H23N3O3/c1-18-23(30)21-8-5-9-22(25(21)32-24(18)19-6-3-2-4-7-19)26(31)29-16-14-28(15-17-29)20-10-12-27-13-11-20/h2-13H,14-17H2,1H3. The lowest BCUT2D eigenvalue weighted by molar-refractivity contribution is 0.0747. The first-order valence-electron chi connectivity index (χ1n) is 10.7. The van der Waals surface area contributed by atoms with Gasteiger partial charge in [0.2, 0.25) is 0 Å². The summed E-state index contributed by atoms with van der Waals surface area (Å²) in [6.07, 6.45) is 3.55. The number of nitrogens with zero attached hydrogens (tertiary/aromatic N) is 3. The van der Waals surface area contributed by atoms with Crippen LogP contribution in [0.4, 0.5) is 5.69 Å². The third-order valence-corrected chi connectivity index (χ3v) is 6.01. The van der Waals surface area contributed by atoms with E-state index in [-0.39, 0.29) is 11.3 Å². The quantitative estimate of drug-likeness (QED) is 0.494. The molecule has 0 spiro atoms. The molecule has 6 heteroatoms. The number of hydrogen-bond donors (Lipinski definition) is 0. The molecule has 1 fully saturated rings. The fourth-order valence-corrected chi connectivity index (χ4v) is 4.24. The maximum atomic E-state index is 13.4. The number of aromatic nitrogens is 1. The molecule has 0 saturated carbocycles. The highest BCUT2D eigenvalue weighted by molar-refractivity contribution is 6.05. The van der Waals surface area contributed by atoms with E-state index in [2.05, 4.69) is 9.88 Å². The molecule has 5 rings (SSSR count). The molecular formula is C26H23N3O3. The number of benzene rings is 2. The molecule has 0 bridgehead atoms. The van der Waals surface area contributed by atoms with E-state index in [0.29, 0.717) is 40.9 Å². The molecule has 3 heterocycles. The van der Waals surface area contributed by atoms with E-state index in [0.717, 1.165) is 24.3 Å². The van der Waals surface area contributed by atoms with Crippen molar-refractivity contribution in [2.24, 2.45) is 0 Å². The van der Waals surface area contributed by atoms with Gasteiger partial charge in [-0.3, -0.25) is 14.6 Å². The minimum Gasteiger partial charge on any atom is -0.455 e. The highest BCUT2D eigenvalue weighted by atomic mass is 16.3. The van der Waals surface area contributed by atoms with Crippen molar-refractivity contribution in [1.29, 1.82) is 0 Å². The minimum atomic E-state index is -0.115. The van der Waals surface area contributed by atoms with E-state index in [1.165, 1.54) is 0 Å². The van der Waals surface area contributed by atoms with Gasteiger partial charge in [-0.1, -0.05) is 36.4 Å². The molecule has 1 aliphatic rings. The van der Waals surface area contributed by atoms with Gasteiger partial charge in [0.25, 0.3) is 5.91 Å². The van der Waals surface area contributed by atoms with Crippen LogP contribution in [0.5, 0.6) is 0 Å². The van der Waals surface area contributed by atoms with E-state index in [1.807, 2.05) is 47.4 Å². The average Bonchev–Trinajstić information content (AvgIpc) is 2.86. The lowest BCUT2D eigenvalue weighted by Gasteiger charge is -2.36. The Labute approximate surface area is 185 Å². The second kappa shape index (κ2) is 8.30. The van der Waals surface area contributed by atoms with Crippen LogP contribution in [0.15, 0.2) is 82.3 Å². The van der Waals surface area contributed by atoms with Crippen molar-refractivity contribution < 1.29 is 9.21 Å². The SMILES string of the molecule is Cc1c(-c2ccccc2)oc2c(C(=O)N3CCN(c4ccncc4)CC3)cccc2c1=O. The third-order valence-electron chi connectivity index (χ3n) is 6.01. The Morgan fingerprint density at radius 2 is 1.62 bits per heavy atom. The van der Waals surface area contributed by atoms with Crippen molar-refractivity contribution in [3.05, 3.63) is 94.4 Å². The second-order valence-electron chi connectivity index (χ2n) is 7.92. The van der Waals surface area contributed by atoms with Crippen LogP contribution in [-0.4, -0.2) is 42.0 Å². The van der Waals surface area contributed by atoms with Crippen LogP contribution in [0.1, 0.15) is 15.9 Å². The number of carbonyl (C=O) groups is 1. The molecule has 6 nitrogen and oxygen atoms in total. The number of fused-ring (bicyclic) bond motifs is 1. The van der Waals surface area contributed by atoms with Crippen LogP contribution in [-0.2, 0) is 0 Å². The molecule has 2 aromatic carbocycles. The summed E-state index contributed by atoms with van der Waals surface area (Å²) >= 11 is 0. The molecule has 32 heavy (non-hydrogen) atoms. The fourth-order valence-electron chi connectivity index (χ4n) is 4.24. The van der Waals surface area contributed by atoms with Crippen LogP contribution >= 0.6 is 0 Å². The highest BCUT2D eigenvalue weighted by Crippen LogP contribution is 2.28. The van der Waals surface area contributed by atoms with Gasteiger partial charge in [-0.05, 0) is 31.2 Å². The zero-order valence-corrected chi connectivity index (χ0v) is 17.8. The topological polar surface area (TPSA) is 66.7 Å². The van der Waals surface area contributed by atoms with Crippen molar-refractivity contribution in [3.8, 4) is 11.3 Å². The van der Waals surface area contributed by atoms with E-state index in [4.69, 9.17) is 4.42 Å². The predicted molar refractivity (Wildman–Crippen MR) is 125 cm³/mol. The van der Waals surface area contributed by atoms with E-state index >= 15 is 0 Å². The van der Waals surface area contributed by atoms with E-state index in [9.17, 15) is 9.59 Å². The molecular weight excluding hydrogens is 402 g/mol. The summed E-state index contributed by atoms with van der Waals surface area (Å²) in [5.74, 6) is 0.391. The van der Waals surface area contributed by atoms with Crippen LogP contribution in [0.3, 0.4) is 0 Å². The van der Waals surface area contributed by atoms with Gasteiger partial charge in [-0.25, -0.2) is 0 Å². The molecule has 0 aliphatic carbocycles. The molecule has 1 aliphatic heterocycles. The Morgan fingerprint density at radius 3 is 2.34 bits per heavy atom. The number of pyridine rings is 1. The highest BCUT2D eigenvalue weighted by Gasteiger charge is 2.25. The Balaban J connectivity index is 1.48. The molecule has 4 aromatic rings. The maximum absolute atomic E-state index is 13.4. The van der Waals surface area contributed by atoms with Crippen LogP contribution in [0, 0.1) is 6.92 Å². The average molecular weight is 425 g/mol. The zero-order chi connectivity index (χ0) is 22.1. The monoisotopic (exact) mass is 425 g/mol. The predicted octanol–water partition coefficient (Wildman–Crippen LogP) is 4.13. The summed E-state index contributed by atoms with van der Waals surface area (Å²) in [5, 5.41) is 0.434. The molecule has 1 saturated heterocycles. The first-order chi connectivity index (χ1) is 15.6. The normalized spacial score (nSPS) is 14.0. The van der Waals surface area contributed by atoms with Crippen LogP contribution in [0.2, 0.25) is 0 Å². The molecule has 2 aromatic heterocycles. The lowest BCUT2D eigenvalue weighted by atomic mass is 10.0. The second-order valence-corrected chi connectivity index (χ2v) is 7.92. The molecule has 1 amide bonds. The van der Waals surface area contributed by atoms with Gasteiger partial charge < -0.3 is 14.2 Å². The summed E-state index contributed by atoms with van der Waals surface area (Å²) < 4.78 is 6.23. The minimum absolute atomic E-state index is 0.109. The molecule has 0 unspecified atom stereocenters. The summed E-state index contributed by atoms with van der Waals surface area (Å²) in [7, 11) is 0.